The molecule has 6 heteroatoms. The summed E-state index contributed by atoms with van der Waals surface area (Å²) in [4.78, 5) is 8.05. The van der Waals surface area contributed by atoms with Gasteiger partial charge in [-0.3, -0.25) is 0 Å². The molecule has 1 saturated heterocycles. The van der Waals surface area contributed by atoms with Crippen LogP contribution in [0.1, 0.15) is 19.8 Å². The van der Waals surface area contributed by atoms with Crippen LogP contribution in [-0.2, 0) is 4.74 Å². The van der Waals surface area contributed by atoms with Crippen molar-refractivity contribution in [2.24, 2.45) is 5.41 Å². The molecular formula is C11H15BrClN3O. The molecule has 0 bridgehead atoms. The highest BCUT2D eigenvalue weighted by molar-refractivity contribution is 9.10. The third-order valence-corrected chi connectivity index (χ3v) is 3.86. The first-order chi connectivity index (χ1) is 8.09. The van der Waals surface area contributed by atoms with E-state index >= 15 is 0 Å². The molecule has 1 aromatic heterocycles. The summed E-state index contributed by atoms with van der Waals surface area (Å²) in [5.41, 5.74) is 0.259. The summed E-state index contributed by atoms with van der Waals surface area (Å²) >= 11 is 9.17. The van der Waals surface area contributed by atoms with E-state index in [1.54, 1.807) is 6.20 Å². The predicted octanol–water partition coefficient (Wildman–Crippen LogP) is 3.12. The summed E-state index contributed by atoms with van der Waals surface area (Å²) in [5.74, 6) is 0.748. The highest BCUT2D eigenvalue weighted by Gasteiger charge is 2.27. The average molecular weight is 321 g/mol. The Balaban J connectivity index is 1.99. The van der Waals surface area contributed by atoms with Gasteiger partial charge in [0.25, 0.3) is 0 Å². The summed E-state index contributed by atoms with van der Waals surface area (Å²) in [7, 11) is 0. The topological polar surface area (TPSA) is 47.0 Å². The Hall–Kier alpha value is -0.390. The van der Waals surface area contributed by atoms with E-state index in [0.29, 0.717) is 0 Å². The number of ether oxygens (including phenoxy) is 1. The molecular weight excluding hydrogens is 305 g/mol. The Bertz CT molecular complexity index is 396. The van der Waals surface area contributed by atoms with E-state index in [4.69, 9.17) is 16.3 Å². The Labute approximate surface area is 114 Å². The maximum atomic E-state index is 5.77. The van der Waals surface area contributed by atoms with Crippen LogP contribution in [-0.4, -0.2) is 29.7 Å². The predicted molar refractivity (Wildman–Crippen MR) is 71.4 cm³/mol. The van der Waals surface area contributed by atoms with E-state index in [0.717, 1.165) is 42.9 Å². The van der Waals surface area contributed by atoms with Crippen molar-refractivity contribution in [2.75, 3.05) is 25.1 Å². The van der Waals surface area contributed by atoms with Gasteiger partial charge in [-0.05, 0) is 45.8 Å². The number of hydrogen-bond donors (Lipinski definition) is 1. The number of hydrogen-bond acceptors (Lipinski definition) is 4. The van der Waals surface area contributed by atoms with Gasteiger partial charge in [0, 0.05) is 26.0 Å². The van der Waals surface area contributed by atoms with Gasteiger partial charge in [-0.15, -0.1) is 0 Å². The van der Waals surface area contributed by atoms with E-state index < -0.39 is 0 Å². The first-order valence-electron chi connectivity index (χ1n) is 5.59. The molecule has 0 atom stereocenters. The Morgan fingerprint density at radius 3 is 2.94 bits per heavy atom. The third kappa shape index (κ3) is 3.53. The fourth-order valence-electron chi connectivity index (χ4n) is 1.81. The molecule has 17 heavy (non-hydrogen) atoms. The van der Waals surface area contributed by atoms with Crippen LogP contribution in [0.4, 0.5) is 5.82 Å². The SMILES string of the molecule is CC1(CNc2nc(Cl)ncc2Br)CCOCC1. The van der Waals surface area contributed by atoms with Crippen molar-refractivity contribution in [3.63, 3.8) is 0 Å². The fraction of sp³-hybridized carbons (Fsp3) is 0.636. The average Bonchev–Trinajstić information content (AvgIpc) is 2.31. The molecule has 94 valence electrons. The van der Waals surface area contributed by atoms with Gasteiger partial charge in [0.1, 0.15) is 5.82 Å². The van der Waals surface area contributed by atoms with Crippen LogP contribution in [0.15, 0.2) is 10.7 Å². The standard InChI is InChI=1S/C11H15BrClN3O/c1-11(2-4-17-5-3-11)7-15-9-8(12)6-14-10(13)16-9/h6H,2-5,7H2,1H3,(H,14,15,16). The van der Waals surface area contributed by atoms with E-state index in [1.165, 1.54) is 0 Å². The zero-order valence-electron chi connectivity index (χ0n) is 9.67. The molecule has 0 amide bonds. The lowest BCUT2D eigenvalue weighted by atomic mass is 9.82. The van der Waals surface area contributed by atoms with Gasteiger partial charge in [0.15, 0.2) is 0 Å². The van der Waals surface area contributed by atoms with Gasteiger partial charge in [-0.1, -0.05) is 6.92 Å². The highest BCUT2D eigenvalue weighted by Crippen LogP contribution is 2.30. The molecule has 0 saturated carbocycles. The smallest absolute Gasteiger partial charge is 0.224 e. The highest BCUT2D eigenvalue weighted by atomic mass is 79.9. The van der Waals surface area contributed by atoms with Crippen molar-refractivity contribution in [1.29, 1.82) is 0 Å². The normalized spacial score (nSPS) is 19.0. The van der Waals surface area contributed by atoms with Crippen LogP contribution >= 0.6 is 27.5 Å². The van der Waals surface area contributed by atoms with E-state index in [-0.39, 0.29) is 10.7 Å². The Morgan fingerprint density at radius 1 is 1.53 bits per heavy atom. The van der Waals surface area contributed by atoms with Crippen molar-refractivity contribution in [2.45, 2.75) is 19.8 Å². The number of aromatic nitrogens is 2. The summed E-state index contributed by atoms with van der Waals surface area (Å²) in [6.07, 6.45) is 3.79. The number of rotatable bonds is 3. The molecule has 0 spiro atoms. The molecule has 1 aromatic rings. The van der Waals surface area contributed by atoms with Crippen LogP contribution in [0.25, 0.3) is 0 Å². The Kier molecular flexibility index (Phi) is 4.22. The van der Waals surface area contributed by atoms with E-state index in [1.807, 2.05) is 0 Å². The van der Waals surface area contributed by atoms with Gasteiger partial charge in [0.2, 0.25) is 5.28 Å². The van der Waals surface area contributed by atoms with Crippen molar-refractivity contribution >= 4 is 33.3 Å². The second-order valence-electron chi connectivity index (χ2n) is 4.61. The van der Waals surface area contributed by atoms with Gasteiger partial charge in [-0.25, -0.2) is 4.98 Å². The first kappa shape index (κ1) is 13.1. The molecule has 0 radical (unpaired) electrons. The number of nitrogens with zero attached hydrogens (tertiary/aromatic N) is 2. The van der Waals surface area contributed by atoms with Crippen molar-refractivity contribution in [3.8, 4) is 0 Å². The van der Waals surface area contributed by atoms with Crippen molar-refractivity contribution < 1.29 is 4.74 Å². The lowest BCUT2D eigenvalue weighted by molar-refractivity contribution is 0.0299. The molecule has 0 aromatic carbocycles. The number of halogens is 2. The molecule has 1 N–H and O–H groups in total. The van der Waals surface area contributed by atoms with Crippen molar-refractivity contribution in [3.05, 3.63) is 16.0 Å². The minimum Gasteiger partial charge on any atom is -0.381 e. The molecule has 1 fully saturated rings. The van der Waals surface area contributed by atoms with Crippen LogP contribution in [0.5, 0.6) is 0 Å². The zero-order valence-corrected chi connectivity index (χ0v) is 12.0. The second kappa shape index (κ2) is 5.50. The van der Waals surface area contributed by atoms with Crippen LogP contribution in [0, 0.1) is 5.41 Å². The summed E-state index contributed by atoms with van der Waals surface area (Å²) in [5, 5.41) is 3.58. The molecule has 2 heterocycles. The lowest BCUT2D eigenvalue weighted by Gasteiger charge is -2.33. The number of anilines is 1. The van der Waals surface area contributed by atoms with Gasteiger partial charge >= 0.3 is 0 Å². The van der Waals surface area contributed by atoms with Crippen LogP contribution < -0.4 is 5.32 Å². The number of nitrogens with one attached hydrogen (secondary N) is 1. The quantitative estimate of drug-likeness (QED) is 0.869. The first-order valence-corrected chi connectivity index (χ1v) is 6.76. The molecule has 0 aliphatic carbocycles. The van der Waals surface area contributed by atoms with E-state index in [2.05, 4.69) is 38.1 Å². The lowest BCUT2D eigenvalue weighted by Crippen LogP contribution is -2.33. The summed E-state index contributed by atoms with van der Waals surface area (Å²) < 4.78 is 6.21. The van der Waals surface area contributed by atoms with Gasteiger partial charge in [0.05, 0.1) is 4.47 Å². The van der Waals surface area contributed by atoms with Gasteiger partial charge < -0.3 is 10.1 Å². The minimum absolute atomic E-state index is 0.257. The summed E-state index contributed by atoms with van der Waals surface area (Å²) in [6.45, 7) is 4.80. The molecule has 2 rings (SSSR count). The minimum atomic E-state index is 0.257. The molecule has 1 aliphatic rings. The maximum absolute atomic E-state index is 5.77. The summed E-state index contributed by atoms with van der Waals surface area (Å²) in [6, 6.07) is 0. The second-order valence-corrected chi connectivity index (χ2v) is 5.80. The maximum Gasteiger partial charge on any atom is 0.224 e. The van der Waals surface area contributed by atoms with Crippen LogP contribution in [0.3, 0.4) is 0 Å². The largest absolute Gasteiger partial charge is 0.381 e. The van der Waals surface area contributed by atoms with E-state index in [9.17, 15) is 0 Å². The zero-order chi connectivity index (χ0) is 12.3. The third-order valence-electron chi connectivity index (χ3n) is 3.10. The molecule has 4 nitrogen and oxygen atoms in total. The monoisotopic (exact) mass is 319 g/mol. The Morgan fingerprint density at radius 2 is 2.24 bits per heavy atom. The van der Waals surface area contributed by atoms with Crippen molar-refractivity contribution in [1.82, 2.24) is 9.97 Å². The molecule has 0 unspecified atom stereocenters. The van der Waals surface area contributed by atoms with Gasteiger partial charge in [-0.2, -0.15) is 4.98 Å². The molecule has 1 aliphatic heterocycles. The fourth-order valence-corrected chi connectivity index (χ4v) is 2.27. The van der Waals surface area contributed by atoms with Crippen LogP contribution in [0.2, 0.25) is 5.28 Å².